The molecule has 2 aromatic carbocycles. The summed E-state index contributed by atoms with van der Waals surface area (Å²) in [5, 5.41) is 22.9. The Balaban J connectivity index is 2.33. The molecule has 0 N–H and O–H groups in total. The summed E-state index contributed by atoms with van der Waals surface area (Å²) in [6, 6.07) is 10.2. The smallest absolute Gasteiger partial charge is 0.310 e. The summed E-state index contributed by atoms with van der Waals surface area (Å²) in [6.45, 7) is 1.49. The molecular weight excluding hydrogens is 512 g/mol. The van der Waals surface area contributed by atoms with Gasteiger partial charge in [-0.05, 0) is 31.5 Å². The summed E-state index contributed by atoms with van der Waals surface area (Å²) in [7, 11) is -2.13. The normalized spacial score (nSPS) is 19.8. The number of rotatable bonds is 9. The van der Waals surface area contributed by atoms with Crippen molar-refractivity contribution in [1.82, 2.24) is 0 Å². The van der Waals surface area contributed by atoms with E-state index in [1.165, 1.54) is 43.3 Å². The van der Waals surface area contributed by atoms with Crippen LogP contribution in [0.1, 0.15) is 24.7 Å². The highest BCUT2D eigenvalue weighted by molar-refractivity contribution is 7.54. The van der Waals surface area contributed by atoms with E-state index in [0.29, 0.717) is 0 Å². The molecule has 1 fully saturated rings. The molecule has 2 atom stereocenters. The Morgan fingerprint density at radius 1 is 1.06 bits per heavy atom. The number of nitro benzene ring substituents is 2. The first-order valence-electron chi connectivity index (χ1n) is 9.73. The first kappa shape index (κ1) is 26.1. The van der Waals surface area contributed by atoms with Gasteiger partial charge in [0.25, 0.3) is 11.4 Å². The van der Waals surface area contributed by atoms with Gasteiger partial charge in [-0.2, -0.15) is 0 Å². The minimum atomic E-state index is -4.29. The molecule has 0 aromatic heterocycles. The molecule has 1 aliphatic rings. The molecule has 14 heteroatoms. The van der Waals surface area contributed by atoms with Crippen LogP contribution in [0.15, 0.2) is 48.5 Å². The zero-order chi connectivity index (χ0) is 25.5. The number of halogens is 2. The number of hydrogen-bond acceptors (Lipinski definition) is 8. The number of carbonyl (C=O) groups excluding carboxylic acids is 1. The molecule has 1 saturated carbocycles. The molecule has 3 rings (SSSR count). The monoisotopic (exact) mass is 531 g/mol. The molecule has 0 heterocycles. The second-order valence-electron chi connectivity index (χ2n) is 7.76. The molecule has 0 spiro atoms. The summed E-state index contributed by atoms with van der Waals surface area (Å²) in [4.78, 5) is 36.5. The van der Waals surface area contributed by atoms with Crippen molar-refractivity contribution in [3.05, 3.63) is 74.3 Å². The largest absolute Gasteiger partial charge is 0.357 e. The van der Waals surface area contributed by atoms with Crippen LogP contribution in [-0.2, 0) is 18.4 Å². The number of amides is 1. The molecule has 2 unspecified atom stereocenters. The van der Waals surface area contributed by atoms with Crippen LogP contribution in [0.3, 0.4) is 0 Å². The van der Waals surface area contributed by atoms with Gasteiger partial charge in [0.15, 0.2) is 5.78 Å². The maximum Gasteiger partial charge on any atom is 0.357 e. The lowest BCUT2D eigenvalue weighted by molar-refractivity contribution is -0.385. The quantitative estimate of drug-likeness (QED) is 0.176. The van der Waals surface area contributed by atoms with E-state index in [0.717, 1.165) is 31.3 Å². The van der Waals surface area contributed by atoms with Crippen molar-refractivity contribution in [2.75, 3.05) is 19.1 Å². The van der Waals surface area contributed by atoms with Crippen molar-refractivity contribution >= 4 is 53.8 Å². The fourth-order valence-corrected chi connectivity index (χ4v) is 5.92. The molecule has 0 radical (unpaired) electrons. The Morgan fingerprint density at radius 2 is 1.59 bits per heavy atom. The number of benzene rings is 2. The Labute approximate surface area is 204 Å². The summed E-state index contributed by atoms with van der Waals surface area (Å²) in [5.41, 5.74) is -2.13. The standard InChI is InChI=1S/C20H20Cl2N3O8P/c1-19(12-20(19,21)22)18(26)23(13-8-10-14(11-9-13)24(27)28)17(34(31,32-2)33-3)15-6-4-5-7-16(15)25(29)30/h4-11,17H,12H2,1-3H3. The van der Waals surface area contributed by atoms with E-state index in [1.54, 1.807) is 0 Å². The number of anilines is 1. The highest BCUT2D eigenvalue weighted by atomic mass is 35.5. The fraction of sp³-hybridized carbons (Fsp3) is 0.350. The van der Waals surface area contributed by atoms with Crippen LogP contribution in [0.4, 0.5) is 17.1 Å². The fourth-order valence-electron chi connectivity index (χ4n) is 3.60. The van der Waals surface area contributed by atoms with E-state index in [-0.39, 0.29) is 23.4 Å². The van der Waals surface area contributed by atoms with Crippen LogP contribution in [0, 0.1) is 25.6 Å². The van der Waals surface area contributed by atoms with Gasteiger partial charge in [-0.3, -0.25) is 34.5 Å². The molecular formula is C20H20Cl2N3O8P. The van der Waals surface area contributed by atoms with Crippen molar-refractivity contribution in [3.63, 3.8) is 0 Å². The van der Waals surface area contributed by atoms with Gasteiger partial charge in [0.2, 0.25) is 5.91 Å². The van der Waals surface area contributed by atoms with E-state index in [4.69, 9.17) is 32.2 Å². The van der Waals surface area contributed by atoms with E-state index in [9.17, 15) is 29.6 Å². The number of hydrogen-bond donors (Lipinski definition) is 0. The molecule has 34 heavy (non-hydrogen) atoms. The van der Waals surface area contributed by atoms with Crippen LogP contribution >= 0.6 is 30.8 Å². The van der Waals surface area contributed by atoms with Crippen LogP contribution in [0.5, 0.6) is 0 Å². The highest BCUT2D eigenvalue weighted by Crippen LogP contribution is 2.68. The second kappa shape index (κ2) is 9.24. The number of carbonyl (C=O) groups is 1. The lowest BCUT2D eigenvalue weighted by Gasteiger charge is -2.36. The zero-order valence-corrected chi connectivity index (χ0v) is 20.6. The summed E-state index contributed by atoms with van der Waals surface area (Å²) in [6.07, 6.45) is 0.0549. The Kier molecular flexibility index (Phi) is 7.08. The van der Waals surface area contributed by atoms with Gasteiger partial charge in [-0.15, -0.1) is 23.2 Å². The number of nitro groups is 2. The van der Waals surface area contributed by atoms with Crippen LogP contribution in [0.25, 0.3) is 0 Å². The molecule has 0 bridgehead atoms. The summed E-state index contributed by atoms with van der Waals surface area (Å²) < 4.78 is 22.7. The highest BCUT2D eigenvalue weighted by Gasteiger charge is 2.70. The van der Waals surface area contributed by atoms with Gasteiger partial charge in [0, 0.05) is 38.1 Å². The van der Waals surface area contributed by atoms with Crippen LogP contribution < -0.4 is 4.90 Å². The second-order valence-corrected chi connectivity index (χ2v) is 11.5. The van der Waals surface area contributed by atoms with Crippen molar-refractivity contribution in [2.45, 2.75) is 23.5 Å². The van der Waals surface area contributed by atoms with Crippen molar-refractivity contribution in [3.8, 4) is 0 Å². The first-order valence-corrected chi connectivity index (χ1v) is 12.1. The SMILES string of the molecule is COP(=O)(OC)C(c1ccccc1[N+](=O)[O-])N(C(=O)C1(C)CC1(Cl)Cl)c1ccc([N+](=O)[O-])cc1. The Hall–Kier alpha value is -2.56. The minimum Gasteiger partial charge on any atom is -0.310 e. The third kappa shape index (κ3) is 4.42. The number of nitrogens with zero attached hydrogens (tertiary/aromatic N) is 3. The third-order valence-electron chi connectivity index (χ3n) is 5.75. The zero-order valence-electron chi connectivity index (χ0n) is 18.2. The van der Waals surface area contributed by atoms with Crippen LogP contribution in [0.2, 0.25) is 0 Å². The van der Waals surface area contributed by atoms with Gasteiger partial charge in [-0.25, -0.2) is 0 Å². The lowest BCUT2D eigenvalue weighted by Crippen LogP contribution is -2.41. The predicted octanol–water partition coefficient (Wildman–Crippen LogP) is 5.60. The number of non-ortho nitro benzene ring substituents is 1. The summed E-state index contributed by atoms with van der Waals surface area (Å²) >= 11 is 12.5. The molecule has 0 aliphatic heterocycles. The third-order valence-corrected chi connectivity index (χ3v) is 8.98. The van der Waals surface area contributed by atoms with E-state index in [1.807, 2.05) is 0 Å². The molecule has 11 nitrogen and oxygen atoms in total. The van der Waals surface area contributed by atoms with E-state index < -0.39 is 44.6 Å². The van der Waals surface area contributed by atoms with Gasteiger partial charge in [-0.1, -0.05) is 12.1 Å². The Bertz CT molecular complexity index is 1180. The average molecular weight is 532 g/mol. The van der Waals surface area contributed by atoms with E-state index >= 15 is 0 Å². The van der Waals surface area contributed by atoms with Gasteiger partial charge in [0.1, 0.15) is 4.33 Å². The van der Waals surface area contributed by atoms with Crippen molar-refractivity contribution in [1.29, 1.82) is 0 Å². The molecule has 182 valence electrons. The van der Waals surface area contributed by atoms with Crippen molar-refractivity contribution in [2.24, 2.45) is 5.41 Å². The van der Waals surface area contributed by atoms with Gasteiger partial charge >= 0.3 is 7.60 Å². The topological polar surface area (TPSA) is 142 Å². The average Bonchev–Trinajstić information content (AvgIpc) is 3.34. The van der Waals surface area contributed by atoms with E-state index in [2.05, 4.69) is 0 Å². The maximum atomic E-state index is 13.9. The Morgan fingerprint density at radius 3 is 2.03 bits per heavy atom. The molecule has 1 amide bonds. The van der Waals surface area contributed by atoms with Gasteiger partial charge in [0.05, 0.1) is 20.8 Å². The molecule has 2 aromatic rings. The minimum absolute atomic E-state index is 0.0466. The van der Waals surface area contributed by atoms with Crippen molar-refractivity contribution < 1.29 is 28.3 Å². The predicted molar refractivity (Wildman–Crippen MR) is 125 cm³/mol. The molecule has 0 saturated heterocycles. The first-order chi connectivity index (χ1) is 15.8. The van der Waals surface area contributed by atoms with Crippen LogP contribution in [-0.4, -0.2) is 34.3 Å². The lowest BCUT2D eigenvalue weighted by atomic mass is 10.1. The van der Waals surface area contributed by atoms with Gasteiger partial charge < -0.3 is 9.05 Å². The molecule has 1 aliphatic carbocycles. The summed E-state index contributed by atoms with van der Waals surface area (Å²) in [5.74, 6) is -2.36. The maximum absolute atomic E-state index is 13.9. The number of para-hydroxylation sites is 1. The number of alkyl halides is 2.